The fourth-order valence-electron chi connectivity index (χ4n) is 1.85. The van der Waals surface area contributed by atoms with Crippen molar-refractivity contribution in [3.63, 3.8) is 0 Å². The Kier molecular flexibility index (Phi) is 4.75. The molecule has 0 aliphatic carbocycles. The summed E-state index contributed by atoms with van der Waals surface area (Å²) in [5.41, 5.74) is 0.972. The van der Waals surface area contributed by atoms with Crippen molar-refractivity contribution in [2.45, 2.75) is 24.4 Å². The highest BCUT2D eigenvalue weighted by Gasteiger charge is 2.10. The lowest BCUT2D eigenvalue weighted by Crippen LogP contribution is -2.18. The molecule has 0 amide bonds. The first-order valence-electron chi connectivity index (χ1n) is 6.25. The molecule has 0 aliphatic rings. The fourth-order valence-corrected chi connectivity index (χ4v) is 3.12. The zero-order chi connectivity index (χ0) is 15.5. The maximum Gasteiger partial charge on any atom is 0.238 e. The Bertz CT molecular complexity index is 758. The monoisotopic (exact) mass is 321 g/mol. The third-order valence-electron chi connectivity index (χ3n) is 3.06. The lowest BCUT2D eigenvalue weighted by Gasteiger charge is -2.14. The van der Waals surface area contributed by atoms with Gasteiger partial charge >= 0.3 is 0 Å². The lowest BCUT2D eigenvalue weighted by atomic mass is 10.1. The number of nitrogens with zero attached hydrogens (tertiary/aromatic N) is 1. The van der Waals surface area contributed by atoms with E-state index in [0.29, 0.717) is 11.4 Å². The summed E-state index contributed by atoms with van der Waals surface area (Å²) < 4.78 is 22.4. The van der Waals surface area contributed by atoms with Gasteiger partial charge in [-0.2, -0.15) is 5.26 Å². The van der Waals surface area contributed by atoms with Gasteiger partial charge in [0.05, 0.1) is 4.90 Å². The van der Waals surface area contributed by atoms with E-state index in [1.54, 1.807) is 18.2 Å². The molecule has 1 unspecified atom stereocenters. The predicted octanol–water partition coefficient (Wildman–Crippen LogP) is 2.12. The molecule has 1 atom stereocenters. The summed E-state index contributed by atoms with van der Waals surface area (Å²) in [6.45, 7) is 2.65. The number of nitrogens with two attached hydrogens (primary N) is 1. The van der Waals surface area contributed by atoms with Crippen molar-refractivity contribution < 1.29 is 8.42 Å². The second-order valence-electron chi connectivity index (χ2n) is 4.59. The van der Waals surface area contributed by atoms with Crippen molar-refractivity contribution in [2.75, 3.05) is 0 Å². The van der Waals surface area contributed by atoms with Crippen LogP contribution in [0.1, 0.15) is 28.3 Å². The molecule has 7 heteroatoms. The van der Waals surface area contributed by atoms with Crippen LogP contribution in [0.25, 0.3) is 0 Å². The molecule has 5 nitrogen and oxygen atoms in total. The SMILES string of the molecule is CC(NCc1ccc(C#N)s1)c1ccc(S(N)(=O)=O)cc1. The lowest BCUT2D eigenvalue weighted by molar-refractivity contribution is 0.577. The number of benzene rings is 1. The Morgan fingerprint density at radius 3 is 2.48 bits per heavy atom. The maximum absolute atomic E-state index is 11.2. The van der Waals surface area contributed by atoms with E-state index in [1.165, 1.54) is 23.5 Å². The summed E-state index contributed by atoms with van der Waals surface area (Å²) in [6, 6.07) is 12.4. The Hall–Kier alpha value is -1.72. The van der Waals surface area contributed by atoms with Crippen LogP contribution in [0.2, 0.25) is 0 Å². The quantitative estimate of drug-likeness (QED) is 0.881. The van der Waals surface area contributed by atoms with E-state index in [1.807, 2.05) is 13.0 Å². The Morgan fingerprint density at radius 2 is 1.95 bits per heavy atom. The van der Waals surface area contributed by atoms with Crippen molar-refractivity contribution in [1.29, 1.82) is 5.26 Å². The first kappa shape index (κ1) is 15.7. The molecule has 0 spiro atoms. The molecule has 2 rings (SSSR count). The predicted molar refractivity (Wildman–Crippen MR) is 82.1 cm³/mol. The molecule has 0 saturated carbocycles. The molecule has 0 saturated heterocycles. The molecule has 110 valence electrons. The van der Waals surface area contributed by atoms with Gasteiger partial charge in [0.15, 0.2) is 0 Å². The zero-order valence-electron chi connectivity index (χ0n) is 11.4. The minimum absolute atomic E-state index is 0.0622. The third kappa shape index (κ3) is 4.12. The van der Waals surface area contributed by atoms with Crippen LogP contribution in [-0.2, 0) is 16.6 Å². The first-order chi connectivity index (χ1) is 9.90. The second kappa shape index (κ2) is 6.37. The molecule has 1 aromatic carbocycles. The summed E-state index contributed by atoms with van der Waals surface area (Å²) in [6.07, 6.45) is 0. The van der Waals surface area contributed by atoms with Gasteiger partial charge in [0.1, 0.15) is 10.9 Å². The van der Waals surface area contributed by atoms with Crippen LogP contribution in [0.15, 0.2) is 41.3 Å². The molecule has 3 N–H and O–H groups in total. The van der Waals surface area contributed by atoms with Crippen LogP contribution in [0.3, 0.4) is 0 Å². The second-order valence-corrected chi connectivity index (χ2v) is 7.32. The largest absolute Gasteiger partial charge is 0.305 e. The molecule has 0 fully saturated rings. The number of hydrogen-bond donors (Lipinski definition) is 2. The van der Waals surface area contributed by atoms with Crippen LogP contribution in [0.4, 0.5) is 0 Å². The minimum Gasteiger partial charge on any atom is -0.305 e. The number of hydrogen-bond acceptors (Lipinski definition) is 5. The Balaban J connectivity index is 2.00. The van der Waals surface area contributed by atoms with E-state index in [0.717, 1.165) is 10.4 Å². The van der Waals surface area contributed by atoms with Gasteiger partial charge in [-0.25, -0.2) is 13.6 Å². The van der Waals surface area contributed by atoms with Gasteiger partial charge in [-0.3, -0.25) is 0 Å². The molecular formula is C14H15N3O2S2. The van der Waals surface area contributed by atoms with E-state index in [2.05, 4.69) is 11.4 Å². The van der Waals surface area contributed by atoms with Crippen molar-refractivity contribution in [3.8, 4) is 6.07 Å². The van der Waals surface area contributed by atoms with Crippen LogP contribution in [0.5, 0.6) is 0 Å². The number of sulfonamides is 1. The summed E-state index contributed by atoms with van der Waals surface area (Å²) >= 11 is 1.46. The first-order valence-corrected chi connectivity index (χ1v) is 8.61. The van der Waals surface area contributed by atoms with Gasteiger partial charge in [0, 0.05) is 17.5 Å². The summed E-state index contributed by atoms with van der Waals surface area (Å²) in [7, 11) is -3.65. The highest BCUT2D eigenvalue weighted by molar-refractivity contribution is 7.89. The molecule has 1 aromatic heterocycles. The molecule has 0 bridgehead atoms. The van der Waals surface area contributed by atoms with Crippen molar-refractivity contribution in [2.24, 2.45) is 5.14 Å². The molecule has 0 radical (unpaired) electrons. The van der Waals surface area contributed by atoms with E-state index in [9.17, 15) is 8.42 Å². The number of thiophene rings is 1. The number of rotatable bonds is 5. The molecule has 2 aromatic rings. The van der Waals surface area contributed by atoms with Gasteiger partial charge in [-0.1, -0.05) is 12.1 Å². The number of nitrogens with one attached hydrogen (secondary N) is 1. The van der Waals surface area contributed by atoms with Crippen LogP contribution < -0.4 is 10.5 Å². The van der Waals surface area contributed by atoms with Crippen LogP contribution >= 0.6 is 11.3 Å². The van der Waals surface area contributed by atoms with E-state index in [4.69, 9.17) is 10.4 Å². The van der Waals surface area contributed by atoms with E-state index >= 15 is 0 Å². The highest BCUT2D eigenvalue weighted by Crippen LogP contribution is 2.19. The van der Waals surface area contributed by atoms with Crippen molar-refractivity contribution in [3.05, 3.63) is 51.7 Å². The van der Waals surface area contributed by atoms with Gasteiger partial charge < -0.3 is 5.32 Å². The average molecular weight is 321 g/mol. The van der Waals surface area contributed by atoms with Gasteiger partial charge in [-0.05, 0) is 36.8 Å². The van der Waals surface area contributed by atoms with Gasteiger partial charge in [0.25, 0.3) is 0 Å². The number of nitriles is 1. The van der Waals surface area contributed by atoms with Crippen LogP contribution in [0, 0.1) is 11.3 Å². The summed E-state index contributed by atoms with van der Waals surface area (Å²) in [4.78, 5) is 1.88. The normalized spacial score (nSPS) is 12.8. The summed E-state index contributed by atoms with van der Waals surface area (Å²) in [5.74, 6) is 0. The summed E-state index contributed by atoms with van der Waals surface area (Å²) in [5, 5.41) is 17.2. The standard InChI is InChI=1S/C14H15N3O2S2/c1-10(17-9-13-5-4-12(8-15)20-13)11-2-6-14(7-3-11)21(16,18)19/h2-7,10,17H,9H2,1H3,(H2,16,18,19). The maximum atomic E-state index is 11.2. The topological polar surface area (TPSA) is 96.0 Å². The molecular weight excluding hydrogens is 306 g/mol. The molecule has 21 heavy (non-hydrogen) atoms. The van der Waals surface area contributed by atoms with Gasteiger partial charge in [-0.15, -0.1) is 11.3 Å². The van der Waals surface area contributed by atoms with E-state index < -0.39 is 10.0 Å². The Labute approximate surface area is 128 Å². The van der Waals surface area contributed by atoms with Crippen LogP contribution in [-0.4, -0.2) is 8.42 Å². The minimum atomic E-state index is -3.65. The van der Waals surface area contributed by atoms with Gasteiger partial charge in [0.2, 0.25) is 10.0 Å². The fraction of sp³-hybridized carbons (Fsp3) is 0.214. The van der Waals surface area contributed by atoms with E-state index in [-0.39, 0.29) is 10.9 Å². The Morgan fingerprint density at radius 1 is 1.29 bits per heavy atom. The van der Waals surface area contributed by atoms with Crippen molar-refractivity contribution >= 4 is 21.4 Å². The third-order valence-corrected chi connectivity index (χ3v) is 4.98. The van der Waals surface area contributed by atoms with Crippen molar-refractivity contribution in [1.82, 2.24) is 5.32 Å². The number of primary sulfonamides is 1. The highest BCUT2D eigenvalue weighted by atomic mass is 32.2. The molecule has 1 heterocycles. The smallest absolute Gasteiger partial charge is 0.238 e. The molecule has 0 aliphatic heterocycles. The zero-order valence-corrected chi connectivity index (χ0v) is 13.0. The average Bonchev–Trinajstić information content (AvgIpc) is 2.92.